The molecule has 0 atom stereocenters. The molecule has 1 heterocycles. The van der Waals surface area contributed by atoms with Crippen molar-refractivity contribution in [3.05, 3.63) is 38.3 Å². The lowest BCUT2D eigenvalue weighted by atomic mass is 10.2. The standard InChI is InChI=1S/C17H23BrN4O2S.HI/c1-5-19-17(22-10-16-20-8-11(2)25-16)21-9-12-6-14(23-3)15(24-4)7-13(12)18;/h6-8H,5,9-10H2,1-4H3,(H2,19,21,22);1H. The number of aliphatic imine (C=N–C) groups is 1. The Morgan fingerprint density at radius 2 is 1.92 bits per heavy atom. The highest BCUT2D eigenvalue weighted by atomic mass is 127. The summed E-state index contributed by atoms with van der Waals surface area (Å²) in [6.45, 7) is 6.03. The smallest absolute Gasteiger partial charge is 0.191 e. The molecule has 6 nitrogen and oxygen atoms in total. The van der Waals surface area contributed by atoms with Crippen LogP contribution in [0.15, 0.2) is 27.8 Å². The Kier molecular flexibility index (Phi) is 10.3. The van der Waals surface area contributed by atoms with Crippen molar-refractivity contribution in [2.24, 2.45) is 4.99 Å². The molecule has 0 radical (unpaired) electrons. The number of ether oxygens (including phenoxy) is 2. The monoisotopic (exact) mass is 554 g/mol. The summed E-state index contributed by atoms with van der Waals surface area (Å²) in [6, 6.07) is 3.82. The summed E-state index contributed by atoms with van der Waals surface area (Å²) in [6.07, 6.45) is 1.88. The van der Waals surface area contributed by atoms with Crippen molar-refractivity contribution in [1.82, 2.24) is 15.6 Å². The van der Waals surface area contributed by atoms with E-state index in [0.29, 0.717) is 24.6 Å². The Morgan fingerprint density at radius 1 is 1.23 bits per heavy atom. The van der Waals surface area contributed by atoms with Crippen molar-refractivity contribution < 1.29 is 9.47 Å². The summed E-state index contributed by atoms with van der Waals surface area (Å²) in [5, 5.41) is 7.59. The molecular weight excluding hydrogens is 531 g/mol. The van der Waals surface area contributed by atoms with Gasteiger partial charge in [0.15, 0.2) is 17.5 Å². The van der Waals surface area contributed by atoms with E-state index >= 15 is 0 Å². The molecule has 0 amide bonds. The molecule has 1 aromatic carbocycles. The largest absolute Gasteiger partial charge is 0.493 e. The van der Waals surface area contributed by atoms with Crippen LogP contribution in [-0.4, -0.2) is 31.7 Å². The van der Waals surface area contributed by atoms with Crippen LogP contribution < -0.4 is 20.1 Å². The highest BCUT2D eigenvalue weighted by Gasteiger charge is 2.10. The van der Waals surface area contributed by atoms with Gasteiger partial charge in [0.1, 0.15) is 5.01 Å². The second-order valence-electron chi connectivity index (χ2n) is 5.21. The average molecular weight is 555 g/mol. The lowest BCUT2D eigenvalue weighted by molar-refractivity contribution is 0.354. The number of hydrogen-bond acceptors (Lipinski definition) is 5. The molecule has 2 aromatic rings. The SMILES string of the molecule is CCNC(=NCc1cc(OC)c(OC)cc1Br)NCc1ncc(C)s1.I. The van der Waals surface area contributed by atoms with E-state index in [2.05, 4.69) is 43.5 Å². The zero-order valence-electron chi connectivity index (χ0n) is 15.3. The predicted octanol–water partition coefficient (Wildman–Crippen LogP) is 4.10. The van der Waals surface area contributed by atoms with Gasteiger partial charge in [-0.05, 0) is 31.5 Å². The first-order valence-corrected chi connectivity index (χ1v) is 9.52. The number of guanidine groups is 1. The fourth-order valence-electron chi connectivity index (χ4n) is 2.17. The van der Waals surface area contributed by atoms with Gasteiger partial charge >= 0.3 is 0 Å². The van der Waals surface area contributed by atoms with E-state index < -0.39 is 0 Å². The normalized spacial score (nSPS) is 10.9. The average Bonchev–Trinajstić information content (AvgIpc) is 3.03. The number of hydrogen-bond donors (Lipinski definition) is 2. The van der Waals surface area contributed by atoms with Gasteiger partial charge in [-0.1, -0.05) is 15.9 Å². The summed E-state index contributed by atoms with van der Waals surface area (Å²) in [5.74, 6) is 2.12. The Labute approximate surface area is 184 Å². The third kappa shape index (κ3) is 6.58. The molecule has 1 aromatic heterocycles. The van der Waals surface area contributed by atoms with Crippen LogP contribution in [0.2, 0.25) is 0 Å². The van der Waals surface area contributed by atoms with Gasteiger partial charge in [-0.25, -0.2) is 9.98 Å². The highest BCUT2D eigenvalue weighted by Crippen LogP contribution is 2.33. The number of thiazole rings is 1. The molecule has 0 spiro atoms. The molecule has 0 aliphatic carbocycles. The molecule has 144 valence electrons. The molecule has 0 unspecified atom stereocenters. The molecule has 2 rings (SSSR count). The van der Waals surface area contributed by atoms with Crippen molar-refractivity contribution in [2.45, 2.75) is 26.9 Å². The van der Waals surface area contributed by atoms with Gasteiger partial charge < -0.3 is 20.1 Å². The van der Waals surface area contributed by atoms with Gasteiger partial charge in [0.05, 0.1) is 27.3 Å². The molecule has 0 aliphatic heterocycles. The number of benzene rings is 1. The lowest BCUT2D eigenvalue weighted by Crippen LogP contribution is -2.36. The molecule has 9 heteroatoms. The van der Waals surface area contributed by atoms with E-state index in [-0.39, 0.29) is 24.0 Å². The summed E-state index contributed by atoms with van der Waals surface area (Å²) in [7, 11) is 3.25. The van der Waals surface area contributed by atoms with Crippen LogP contribution in [0.3, 0.4) is 0 Å². The lowest BCUT2D eigenvalue weighted by Gasteiger charge is -2.12. The molecule has 0 saturated carbocycles. The maximum atomic E-state index is 5.36. The van der Waals surface area contributed by atoms with Crippen molar-refractivity contribution in [2.75, 3.05) is 20.8 Å². The van der Waals surface area contributed by atoms with Crippen LogP contribution in [0.1, 0.15) is 22.4 Å². The van der Waals surface area contributed by atoms with Crippen molar-refractivity contribution in [3.8, 4) is 11.5 Å². The first-order chi connectivity index (χ1) is 12.1. The van der Waals surface area contributed by atoms with E-state index in [9.17, 15) is 0 Å². The number of aryl methyl sites for hydroxylation is 1. The third-order valence-corrected chi connectivity index (χ3v) is 5.03. The Morgan fingerprint density at radius 3 is 2.50 bits per heavy atom. The van der Waals surface area contributed by atoms with Crippen LogP contribution in [0.5, 0.6) is 11.5 Å². The molecular formula is C17H24BrIN4O2S. The van der Waals surface area contributed by atoms with Gasteiger partial charge in [0.2, 0.25) is 0 Å². The van der Waals surface area contributed by atoms with Crippen LogP contribution in [-0.2, 0) is 13.1 Å². The third-order valence-electron chi connectivity index (χ3n) is 3.38. The van der Waals surface area contributed by atoms with Gasteiger partial charge in [-0.3, -0.25) is 0 Å². The van der Waals surface area contributed by atoms with Gasteiger partial charge in [0.25, 0.3) is 0 Å². The van der Waals surface area contributed by atoms with Crippen molar-refractivity contribution >= 4 is 57.2 Å². The summed E-state index contributed by atoms with van der Waals surface area (Å²) in [5.41, 5.74) is 1.01. The second-order valence-corrected chi connectivity index (χ2v) is 7.39. The highest BCUT2D eigenvalue weighted by molar-refractivity contribution is 14.0. The van der Waals surface area contributed by atoms with Gasteiger partial charge in [-0.2, -0.15) is 0 Å². The number of halogens is 2. The van der Waals surface area contributed by atoms with E-state index in [1.165, 1.54) is 4.88 Å². The Bertz CT molecular complexity index is 740. The number of nitrogens with one attached hydrogen (secondary N) is 2. The topological polar surface area (TPSA) is 67.8 Å². The molecule has 0 bridgehead atoms. The fourth-order valence-corrected chi connectivity index (χ4v) is 3.34. The fraction of sp³-hybridized carbons (Fsp3) is 0.412. The molecule has 0 aliphatic rings. The first-order valence-electron chi connectivity index (χ1n) is 7.91. The number of nitrogens with zero attached hydrogens (tertiary/aromatic N) is 2. The van der Waals surface area contributed by atoms with E-state index in [0.717, 1.165) is 27.5 Å². The number of aromatic nitrogens is 1. The van der Waals surface area contributed by atoms with Crippen molar-refractivity contribution in [1.29, 1.82) is 0 Å². The Hall–Kier alpha value is -1.07. The second kappa shape index (κ2) is 11.6. The van der Waals surface area contributed by atoms with Crippen LogP contribution >= 0.6 is 51.2 Å². The summed E-state index contributed by atoms with van der Waals surface area (Å²) in [4.78, 5) is 10.2. The maximum Gasteiger partial charge on any atom is 0.191 e. The quantitative estimate of drug-likeness (QED) is 0.306. The number of methoxy groups -OCH3 is 2. The molecule has 0 fully saturated rings. The van der Waals surface area contributed by atoms with E-state index in [1.54, 1.807) is 25.6 Å². The number of rotatable bonds is 7. The zero-order chi connectivity index (χ0) is 18.2. The minimum atomic E-state index is 0. The van der Waals surface area contributed by atoms with E-state index in [1.807, 2.05) is 25.3 Å². The Balaban J connectivity index is 0.00000338. The minimum Gasteiger partial charge on any atom is -0.493 e. The van der Waals surface area contributed by atoms with E-state index in [4.69, 9.17) is 9.47 Å². The maximum absolute atomic E-state index is 5.36. The van der Waals surface area contributed by atoms with Crippen LogP contribution in [0.25, 0.3) is 0 Å². The van der Waals surface area contributed by atoms with Gasteiger partial charge in [0, 0.05) is 22.1 Å². The predicted molar refractivity (Wildman–Crippen MR) is 121 cm³/mol. The van der Waals surface area contributed by atoms with Crippen molar-refractivity contribution in [3.63, 3.8) is 0 Å². The van der Waals surface area contributed by atoms with Crippen LogP contribution in [0, 0.1) is 6.92 Å². The summed E-state index contributed by atoms with van der Waals surface area (Å²) >= 11 is 5.24. The zero-order valence-corrected chi connectivity index (χ0v) is 20.0. The molecule has 0 saturated heterocycles. The molecule has 26 heavy (non-hydrogen) atoms. The minimum absolute atomic E-state index is 0. The summed E-state index contributed by atoms with van der Waals surface area (Å²) < 4.78 is 11.6. The first kappa shape index (κ1) is 23.0. The van der Waals surface area contributed by atoms with Crippen LogP contribution in [0.4, 0.5) is 0 Å². The molecule has 2 N–H and O–H groups in total. The van der Waals surface area contributed by atoms with Gasteiger partial charge in [-0.15, -0.1) is 35.3 Å².